The van der Waals surface area contributed by atoms with Gasteiger partial charge in [-0.05, 0) is 65.8 Å². The first kappa shape index (κ1) is 35.1. The minimum absolute atomic E-state index is 0.00197. The van der Waals surface area contributed by atoms with Crippen molar-refractivity contribution in [1.82, 2.24) is 0 Å². The molecule has 6 rings (SSSR count). The van der Waals surface area contributed by atoms with E-state index >= 15 is 0 Å². The topological polar surface area (TPSA) is 58.9 Å². The van der Waals surface area contributed by atoms with Crippen LogP contribution in [0.3, 0.4) is 0 Å². The lowest BCUT2D eigenvalue weighted by atomic mass is 9.95. The number of benzene rings is 6. The minimum atomic E-state index is -0.00197. The third-order valence-corrected chi connectivity index (χ3v) is 9.31. The fourth-order valence-electron chi connectivity index (χ4n) is 6.55. The average molecular weight is 675 g/mol. The third-order valence-electron chi connectivity index (χ3n) is 9.31. The largest absolute Gasteiger partial charge is 0.507 e. The molecule has 0 bridgehead atoms. The van der Waals surface area contributed by atoms with Crippen molar-refractivity contribution >= 4 is 0 Å². The number of rotatable bonds is 15. The highest BCUT2D eigenvalue weighted by molar-refractivity contribution is 5.85. The van der Waals surface area contributed by atoms with Gasteiger partial charge in [-0.2, -0.15) is 0 Å². The molecule has 0 radical (unpaired) electrons. The number of aromatic hydroxyl groups is 2. The smallest absolute Gasteiger partial charge is 0.131 e. The van der Waals surface area contributed by atoms with Gasteiger partial charge in [0.1, 0.15) is 23.0 Å². The third kappa shape index (κ3) is 8.19. The number of ether oxygens (including phenoxy) is 2. The number of phenolic OH excluding ortho intramolecular Hbond substituents is 2. The first-order valence-corrected chi connectivity index (χ1v) is 17.9. The van der Waals surface area contributed by atoms with Gasteiger partial charge in [0.2, 0.25) is 0 Å². The Kier molecular flexibility index (Phi) is 11.5. The number of allylic oxidation sites excluding steroid dienone is 1. The second-order valence-electron chi connectivity index (χ2n) is 12.9. The number of phenols is 2. The Balaban J connectivity index is 1.27. The molecule has 4 heteroatoms. The lowest BCUT2D eigenvalue weighted by Gasteiger charge is -2.21. The molecule has 0 aliphatic heterocycles. The Morgan fingerprint density at radius 3 is 1.49 bits per heavy atom. The maximum atomic E-state index is 11.6. The van der Waals surface area contributed by atoms with Gasteiger partial charge < -0.3 is 19.7 Å². The van der Waals surface area contributed by atoms with Crippen molar-refractivity contribution in [3.05, 3.63) is 157 Å². The van der Waals surface area contributed by atoms with Gasteiger partial charge in [-0.1, -0.05) is 136 Å². The predicted molar refractivity (Wildman–Crippen MR) is 211 cm³/mol. The van der Waals surface area contributed by atoms with E-state index in [4.69, 9.17) is 9.47 Å². The zero-order valence-electron chi connectivity index (χ0n) is 29.5. The fraction of sp³-hybridized carbons (Fsp3) is 0.191. The molecule has 0 aliphatic carbocycles. The zero-order valence-corrected chi connectivity index (χ0v) is 29.5. The van der Waals surface area contributed by atoms with Crippen molar-refractivity contribution in [2.24, 2.45) is 5.92 Å². The van der Waals surface area contributed by atoms with Crippen LogP contribution in [0.1, 0.15) is 37.8 Å². The van der Waals surface area contributed by atoms with Crippen LogP contribution >= 0.6 is 0 Å². The van der Waals surface area contributed by atoms with Crippen LogP contribution in [0.2, 0.25) is 0 Å². The van der Waals surface area contributed by atoms with E-state index in [1.54, 1.807) is 0 Å². The summed E-state index contributed by atoms with van der Waals surface area (Å²) < 4.78 is 13.2. The monoisotopic (exact) mass is 674 g/mol. The van der Waals surface area contributed by atoms with Crippen molar-refractivity contribution in [2.75, 3.05) is 13.2 Å². The Morgan fingerprint density at radius 1 is 0.549 bits per heavy atom. The quantitative estimate of drug-likeness (QED) is 0.106. The minimum Gasteiger partial charge on any atom is -0.507 e. The van der Waals surface area contributed by atoms with E-state index in [1.807, 2.05) is 115 Å². The summed E-state index contributed by atoms with van der Waals surface area (Å²) in [5.74, 6) is 1.87. The van der Waals surface area contributed by atoms with Crippen molar-refractivity contribution in [1.29, 1.82) is 0 Å². The second-order valence-corrected chi connectivity index (χ2v) is 12.9. The first-order chi connectivity index (χ1) is 25.0. The number of hydrogen-bond acceptors (Lipinski definition) is 4. The van der Waals surface area contributed by atoms with E-state index in [0.29, 0.717) is 31.1 Å². The van der Waals surface area contributed by atoms with Crippen LogP contribution in [0, 0.1) is 5.92 Å². The lowest BCUT2D eigenvalue weighted by molar-refractivity contribution is 0.179. The maximum Gasteiger partial charge on any atom is 0.131 e. The van der Waals surface area contributed by atoms with Crippen LogP contribution in [0.5, 0.6) is 23.0 Å². The molecule has 0 heterocycles. The van der Waals surface area contributed by atoms with Crippen LogP contribution in [0.4, 0.5) is 0 Å². The highest BCUT2D eigenvalue weighted by Crippen LogP contribution is 2.44. The number of hydrogen-bond donors (Lipinski definition) is 2. The maximum absolute atomic E-state index is 11.6. The molecule has 0 amide bonds. The summed E-state index contributed by atoms with van der Waals surface area (Å²) in [6, 6.07) is 44.1. The van der Waals surface area contributed by atoms with Crippen molar-refractivity contribution in [3.63, 3.8) is 0 Å². The summed E-state index contributed by atoms with van der Waals surface area (Å²) >= 11 is 0. The second kappa shape index (κ2) is 16.8. The summed E-state index contributed by atoms with van der Waals surface area (Å²) in [4.78, 5) is 0. The van der Waals surface area contributed by atoms with Crippen LogP contribution in [-0.4, -0.2) is 23.4 Å². The van der Waals surface area contributed by atoms with Crippen LogP contribution in [0.15, 0.2) is 146 Å². The Morgan fingerprint density at radius 2 is 1.02 bits per heavy atom. The molecule has 0 spiro atoms. The zero-order chi connectivity index (χ0) is 35.6. The Bertz CT molecular complexity index is 2070. The summed E-state index contributed by atoms with van der Waals surface area (Å²) in [6.45, 7) is 9.09. The van der Waals surface area contributed by atoms with Gasteiger partial charge in [-0.3, -0.25) is 0 Å². The highest BCUT2D eigenvalue weighted by Gasteiger charge is 2.19. The Labute approximate surface area is 302 Å². The molecule has 0 aromatic heterocycles. The van der Waals surface area contributed by atoms with E-state index < -0.39 is 0 Å². The standard InChI is InChI=1S/C47H46O4/c1-4-15-34-26-28-45(43(30-34)41-24-14-22-39(47(41)49)37-19-11-8-12-20-37)51-32-35(16-5-2)31-50-44-27-25-33(6-3)29-42(44)40-23-13-21-38(46(40)48)36-17-9-7-10-18-36/h5,7-14,17-30,35,48-49H,2,4,6,15-16,31-32H2,1,3H3. The molecule has 1 atom stereocenters. The van der Waals surface area contributed by atoms with Gasteiger partial charge in [-0.15, -0.1) is 6.58 Å². The molecule has 51 heavy (non-hydrogen) atoms. The predicted octanol–water partition coefficient (Wildman–Crippen LogP) is 11.9. The lowest BCUT2D eigenvalue weighted by Crippen LogP contribution is -2.20. The molecule has 1 unspecified atom stereocenters. The Hall–Kier alpha value is -5.74. The van der Waals surface area contributed by atoms with Gasteiger partial charge in [0.05, 0.1) is 13.2 Å². The molecule has 2 N–H and O–H groups in total. The molecule has 258 valence electrons. The molecule has 0 saturated heterocycles. The molecule has 0 fully saturated rings. The van der Waals surface area contributed by atoms with Gasteiger partial charge in [0.25, 0.3) is 0 Å². The average Bonchev–Trinajstić information content (AvgIpc) is 3.17. The number of para-hydroxylation sites is 2. The first-order valence-electron chi connectivity index (χ1n) is 17.9. The van der Waals surface area contributed by atoms with Gasteiger partial charge in [0, 0.05) is 39.3 Å². The number of aryl methyl sites for hydroxylation is 2. The van der Waals surface area contributed by atoms with Gasteiger partial charge >= 0.3 is 0 Å². The van der Waals surface area contributed by atoms with Crippen LogP contribution in [-0.2, 0) is 12.8 Å². The molecular weight excluding hydrogens is 629 g/mol. The molecule has 4 nitrogen and oxygen atoms in total. The van der Waals surface area contributed by atoms with E-state index in [0.717, 1.165) is 69.3 Å². The molecular formula is C47H46O4. The van der Waals surface area contributed by atoms with Crippen LogP contribution in [0.25, 0.3) is 44.5 Å². The summed E-state index contributed by atoms with van der Waals surface area (Å²) in [5, 5.41) is 23.1. The molecule has 6 aromatic rings. The molecule has 6 aromatic carbocycles. The summed E-state index contributed by atoms with van der Waals surface area (Å²) in [5.41, 5.74) is 9.00. The fourth-order valence-corrected chi connectivity index (χ4v) is 6.55. The summed E-state index contributed by atoms with van der Waals surface area (Å²) in [6.07, 6.45) is 5.40. The van der Waals surface area contributed by atoms with E-state index in [-0.39, 0.29) is 17.4 Å². The molecule has 0 aliphatic rings. The normalized spacial score (nSPS) is 11.6. The summed E-state index contributed by atoms with van der Waals surface area (Å²) in [7, 11) is 0. The van der Waals surface area contributed by atoms with Crippen molar-refractivity contribution in [2.45, 2.75) is 39.5 Å². The van der Waals surface area contributed by atoms with Crippen molar-refractivity contribution in [3.8, 4) is 67.5 Å². The van der Waals surface area contributed by atoms with E-state index in [2.05, 4.69) is 44.7 Å². The highest BCUT2D eigenvalue weighted by atomic mass is 16.5. The van der Waals surface area contributed by atoms with Gasteiger partial charge in [-0.25, -0.2) is 0 Å². The van der Waals surface area contributed by atoms with E-state index in [9.17, 15) is 10.2 Å². The SMILES string of the molecule is C=CCC(COc1ccc(CC)cc1-c1cccc(-c2ccccc2)c1O)COc1ccc(CCC)cc1-c1cccc(-c2ccccc2)c1O. The van der Waals surface area contributed by atoms with Crippen molar-refractivity contribution < 1.29 is 19.7 Å². The molecule has 0 saturated carbocycles. The van der Waals surface area contributed by atoms with Crippen LogP contribution < -0.4 is 9.47 Å². The van der Waals surface area contributed by atoms with E-state index in [1.165, 1.54) is 5.56 Å². The van der Waals surface area contributed by atoms with Gasteiger partial charge in [0.15, 0.2) is 0 Å².